The molecule has 50 valence electrons. The van der Waals surface area contributed by atoms with Crippen molar-refractivity contribution in [3.8, 4) is 0 Å². The summed E-state index contributed by atoms with van der Waals surface area (Å²) in [6.45, 7) is 6.90. The Balaban J connectivity index is 3.71. The van der Waals surface area contributed by atoms with Crippen LogP contribution in [0.5, 0.6) is 0 Å². The molecule has 0 aromatic carbocycles. The molecule has 0 fully saturated rings. The molecule has 0 spiro atoms. The van der Waals surface area contributed by atoms with Gasteiger partial charge in [-0.3, -0.25) is 0 Å². The van der Waals surface area contributed by atoms with E-state index in [1.54, 1.807) is 12.2 Å². The number of aliphatic hydroxyl groups is 1. The van der Waals surface area contributed by atoms with Crippen LogP contribution in [0.1, 0.15) is 0 Å². The number of allylic oxidation sites excluding steroid dienone is 1. The van der Waals surface area contributed by atoms with Crippen LogP contribution in [0.3, 0.4) is 0 Å². The molecule has 3 N–H and O–H groups in total. The largest absolute Gasteiger partial charge is 0.399 e. The van der Waals surface area contributed by atoms with E-state index in [-0.39, 0.29) is 6.61 Å². The van der Waals surface area contributed by atoms with Gasteiger partial charge >= 0.3 is 0 Å². The van der Waals surface area contributed by atoms with Gasteiger partial charge in [-0.1, -0.05) is 19.2 Å². The van der Waals surface area contributed by atoms with Crippen LogP contribution in [0.25, 0.3) is 0 Å². The summed E-state index contributed by atoms with van der Waals surface area (Å²) >= 11 is 0. The predicted octanol–water partition coefficient (Wildman–Crippen LogP) is 0.564. The molecule has 0 aliphatic heterocycles. The molecule has 0 saturated heterocycles. The topological polar surface area (TPSA) is 46.2 Å². The summed E-state index contributed by atoms with van der Waals surface area (Å²) in [6.07, 6.45) is 3.22. The van der Waals surface area contributed by atoms with Gasteiger partial charge in [-0.05, 0) is 11.6 Å². The van der Waals surface area contributed by atoms with Gasteiger partial charge in [0, 0.05) is 5.70 Å². The Bertz CT molecular complexity index is 147. The zero-order valence-electron chi connectivity index (χ0n) is 5.30. The van der Waals surface area contributed by atoms with Crippen molar-refractivity contribution in [3.05, 3.63) is 36.6 Å². The molecular formula is C7H11NO. The van der Waals surface area contributed by atoms with Crippen molar-refractivity contribution in [1.29, 1.82) is 0 Å². The third-order valence-electron chi connectivity index (χ3n) is 0.736. The summed E-state index contributed by atoms with van der Waals surface area (Å²) in [5, 5.41) is 8.43. The van der Waals surface area contributed by atoms with Crippen LogP contribution in [0.4, 0.5) is 0 Å². The summed E-state index contributed by atoms with van der Waals surface area (Å²) in [7, 11) is 0. The SMILES string of the molecule is C=C(N)/C=C\C(=C)CO. The Morgan fingerprint density at radius 1 is 1.44 bits per heavy atom. The monoisotopic (exact) mass is 125 g/mol. The van der Waals surface area contributed by atoms with Crippen molar-refractivity contribution >= 4 is 0 Å². The highest BCUT2D eigenvalue weighted by Crippen LogP contribution is 1.91. The molecule has 9 heavy (non-hydrogen) atoms. The van der Waals surface area contributed by atoms with Gasteiger partial charge in [-0.2, -0.15) is 0 Å². The highest BCUT2D eigenvalue weighted by Gasteiger charge is 1.80. The van der Waals surface area contributed by atoms with E-state index in [1.165, 1.54) is 0 Å². The van der Waals surface area contributed by atoms with E-state index in [0.717, 1.165) is 0 Å². The quantitative estimate of drug-likeness (QED) is 0.541. The average molecular weight is 125 g/mol. The second kappa shape index (κ2) is 3.92. The van der Waals surface area contributed by atoms with Gasteiger partial charge in [0.25, 0.3) is 0 Å². The molecular weight excluding hydrogens is 114 g/mol. The second-order valence-electron chi connectivity index (χ2n) is 1.72. The van der Waals surface area contributed by atoms with Gasteiger partial charge < -0.3 is 10.8 Å². The number of hydrogen-bond acceptors (Lipinski definition) is 2. The lowest BCUT2D eigenvalue weighted by Crippen LogP contribution is -1.90. The molecule has 0 unspecified atom stereocenters. The molecule has 0 saturated carbocycles. The van der Waals surface area contributed by atoms with E-state index < -0.39 is 0 Å². The second-order valence-corrected chi connectivity index (χ2v) is 1.72. The lowest BCUT2D eigenvalue weighted by Gasteiger charge is -1.89. The molecule has 0 atom stereocenters. The molecule has 0 aromatic rings. The smallest absolute Gasteiger partial charge is 0.0676 e. The predicted molar refractivity (Wildman–Crippen MR) is 38.7 cm³/mol. The molecule has 0 aliphatic rings. The minimum atomic E-state index is -0.0379. The fraction of sp³-hybridized carbons (Fsp3) is 0.143. The standard InChI is InChI=1S/C7H11NO/c1-6(5-9)3-4-7(2)8/h3-4,9H,1-2,5,8H2/b4-3-. The van der Waals surface area contributed by atoms with Gasteiger partial charge in [0.15, 0.2) is 0 Å². The van der Waals surface area contributed by atoms with Gasteiger partial charge in [-0.25, -0.2) is 0 Å². The third-order valence-corrected chi connectivity index (χ3v) is 0.736. The molecule has 0 rings (SSSR count). The fourth-order valence-corrected chi connectivity index (χ4v) is 0.278. The summed E-state index contributed by atoms with van der Waals surface area (Å²) in [6, 6.07) is 0. The fourth-order valence-electron chi connectivity index (χ4n) is 0.278. The number of nitrogens with two attached hydrogens (primary N) is 1. The van der Waals surface area contributed by atoms with Crippen LogP contribution in [-0.2, 0) is 0 Å². The highest BCUT2D eigenvalue weighted by atomic mass is 16.3. The van der Waals surface area contributed by atoms with Crippen molar-refractivity contribution < 1.29 is 5.11 Å². The lowest BCUT2D eigenvalue weighted by atomic mass is 10.3. The van der Waals surface area contributed by atoms with E-state index in [0.29, 0.717) is 11.3 Å². The molecule has 0 bridgehead atoms. The average Bonchev–Trinajstić information content (AvgIpc) is 1.83. The number of aliphatic hydroxyl groups excluding tert-OH is 1. The molecule has 0 radical (unpaired) electrons. The van der Waals surface area contributed by atoms with Crippen molar-refractivity contribution in [3.63, 3.8) is 0 Å². The minimum Gasteiger partial charge on any atom is -0.399 e. The Morgan fingerprint density at radius 2 is 2.00 bits per heavy atom. The van der Waals surface area contributed by atoms with Crippen LogP contribution in [-0.4, -0.2) is 11.7 Å². The first-order chi connectivity index (χ1) is 4.16. The van der Waals surface area contributed by atoms with Gasteiger partial charge in [0.2, 0.25) is 0 Å². The maximum atomic E-state index is 8.43. The zero-order chi connectivity index (χ0) is 7.28. The van der Waals surface area contributed by atoms with Crippen molar-refractivity contribution in [2.45, 2.75) is 0 Å². The number of hydrogen-bond donors (Lipinski definition) is 2. The molecule has 0 heterocycles. The van der Waals surface area contributed by atoms with Crippen LogP contribution < -0.4 is 5.73 Å². The minimum absolute atomic E-state index is 0.0379. The summed E-state index contributed by atoms with van der Waals surface area (Å²) in [5.41, 5.74) is 6.28. The van der Waals surface area contributed by atoms with E-state index in [2.05, 4.69) is 13.2 Å². The third kappa shape index (κ3) is 4.84. The zero-order valence-corrected chi connectivity index (χ0v) is 5.30. The molecule has 0 aliphatic carbocycles. The first-order valence-corrected chi connectivity index (χ1v) is 2.58. The first kappa shape index (κ1) is 7.98. The van der Waals surface area contributed by atoms with E-state index in [4.69, 9.17) is 10.8 Å². The molecule has 0 amide bonds. The van der Waals surface area contributed by atoms with Crippen LogP contribution in [0.15, 0.2) is 36.6 Å². The van der Waals surface area contributed by atoms with E-state index >= 15 is 0 Å². The van der Waals surface area contributed by atoms with Crippen LogP contribution in [0, 0.1) is 0 Å². The number of rotatable bonds is 3. The molecule has 0 aromatic heterocycles. The Labute approximate surface area is 55.0 Å². The van der Waals surface area contributed by atoms with Crippen LogP contribution in [0.2, 0.25) is 0 Å². The van der Waals surface area contributed by atoms with Gasteiger partial charge in [-0.15, -0.1) is 0 Å². The molecule has 2 nitrogen and oxygen atoms in total. The normalized spacial score (nSPS) is 9.89. The first-order valence-electron chi connectivity index (χ1n) is 2.58. The van der Waals surface area contributed by atoms with Crippen LogP contribution >= 0.6 is 0 Å². The van der Waals surface area contributed by atoms with E-state index in [1.807, 2.05) is 0 Å². The summed E-state index contributed by atoms with van der Waals surface area (Å²) < 4.78 is 0. The Morgan fingerprint density at radius 3 is 2.33 bits per heavy atom. The molecule has 2 heteroatoms. The highest BCUT2D eigenvalue weighted by molar-refractivity contribution is 5.22. The van der Waals surface area contributed by atoms with Gasteiger partial charge in [0.05, 0.1) is 6.61 Å². The Hall–Kier alpha value is -1.02. The maximum Gasteiger partial charge on any atom is 0.0676 e. The maximum absolute atomic E-state index is 8.43. The van der Waals surface area contributed by atoms with E-state index in [9.17, 15) is 0 Å². The Kier molecular flexibility index (Phi) is 3.48. The van der Waals surface area contributed by atoms with Gasteiger partial charge in [0.1, 0.15) is 0 Å². The lowest BCUT2D eigenvalue weighted by molar-refractivity contribution is 0.335. The van der Waals surface area contributed by atoms with Crippen molar-refractivity contribution in [2.24, 2.45) is 5.73 Å². The summed E-state index contributed by atoms with van der Waals surface area (Å²) in [4.78, 5) is 0. The van der Waals surface area contributed by atoms with Crippen molar-refractivity contribution in [2.75, 3.05) is 6.61 Å². The summed E-state index contributed by atoms with van der Waals surface area (Å²) in [5.74, 6) is 0. The van der Waals surface area contributed by atoms with Crippen molar-refractivity contribution in [1.82, 2.24) is 0 Å².